The predicted molar refractivity (Wildman–Crippen MR) is 72.5 cm³/mol. The van der Waals surface area contributed by atoms with Gasteiger partial charge in [-0.05, 0) is 30.9 Å². The van der Waals surface area contributed by atoms with E-state index in [-0.39, 0.29) is 18.4 Å². The van der Waals surface area contributed by atoms with E-state index in [4.69, 9.17) is 9.84 Å². The van der Waals surface area contributed by atoms with Crippen molar-refractivity contribution in [2.45, 2.75) is 31.8 Å². The maximum absolute atomic E-state index is 12.2. The summed E-state index contributed by atoms with van der Waals surface area (Å²) < 4.78 is 6.81. The second-order valence-electron chi connectivity index (χ2n) is 5.09. The zero-order valence-electron chi connectivity index (χ0n) is 11.5. The largest absolute Gasteiger partial charge is 0.481 e. The molecular weight excluding hydrogens is 260 g/mol. The van der Waals surface area contributed by atoms with Gasteiger partial charge in [-0.2, -0.15) is 0 Å². The van der Waals surface area contributed by atoms with Gasteiger partial charge in [-0.3, -0.25) is 9.59 Å². The number of carboxylic acids is 1. The molecule has 0 saturated heterocycles. The second kappa shape index (κ2) is 6.56. The Kier molecular flexibility index (Phi) is 4.79. The standard InChI is InChI=1S/C14H20N2O4/c1-20-8-7-16-6-2-3-12(16)14(19)15-11(9-13(17)18)10-4-5-10/h2-3,6,10-11H,4-5,7-9H2,1H3,(H,15,19)(H,17,18). The molecule has 2 rings (SSSR count). The van der Waals surface area contributed by atoms with E-state index >= 15 is 0 Å². The number of aromatic nitrogens is 1. The highest BCUT2D eigenvalue weighted by Crippen LogP contribution is 2.34. The quantitative estimate of drug-likeness (QED) is 0.747. The van der Waals surface area contributed by atoms with E-state index < -0.39 is 5.97 Å². The van der Waals surface area contributed by atoms with E-state index in [1.807, 2.05) is 10.8 Å². The lowest BCUT2D eigenvalue weighted by atomic mass is 10.1. The van der Waals surface area contributed by atoms with Crippen LogP contribution in [0.3, 0.4) is 0 Å². The first-order valence-corrected chi connectivity index (χ1v) is 6.78. The summed E-state index contributed by atoms with van der Waals surface area (Å²) in [5.74, 6) is -0.793. The Labute approximate surface area is 117 Å². The van der Waals surface area contributed by atoms with Crippen molar-refractivity contribution < 1.29 is 19.4 Å². The number of rotatable bonds is 8. The smallest absolute Gasteiger partial charge is 0.305 e. The van der Waals surface area contributed by atoms with Crippen LogP contribution in [0.1, 0.15) is 29.8 Å². The van der Waals surface area contributed by atoms with Crippen molar-refractivity contribution >= 4 is 11.9 Å². The molecule has 0 radical (unpaired) electrons. The van der Waals surface area contributed by atoms with Gasteiger partial charge in [-0.15, -0.1) is 0 Å². The summed E-state index contributed by atoms with van der Waals surface area (Å²) in [7, 11) is 1.61. The van der Waals surface area contributed by atoms with Crippen LogP contribution in [-0.4, -0.2) is 41.3 Å². The highest BCUT2D eigenvalue weighted by atomic mass is 16.5. The van der Waals surface area contributed by atoms with E-state index in [0.717, 1.165) is 12.8 Å². The van der Waals surface area contributed by atoms with Crippen molar-refractivity contribution in [3.05, 3.63) is 24.0 Å². The van der Waals surface area contributed by atoms with E-state index in [1.165, 1.54) is 0 Å². The maximum Gasteiger partial charge on any atom is 0.305 e. The summed E-state index contributed by atoms with van der Waals surface area (Å²) in [6.07, 6.45) is 3.78. The van der Waals surface area contributed by atoms with Crippen molar-refractivity contribution in [3.8, 4) is 0 Å². The van der Waals surface area contributed by atoms with Crippen LogP contribution in [0.5, 0.6) is 0 Å². The summed E-state index contributed by atoms with van der Waals surface area (Å²) in [6, 6.07) is 3.26. The molecule has 2 N–H and O–H groups in total. The van der Waals surface area contributed by atoms with Crippen molar-refractivity contribution in [2.75, 3.05) is 13.7 Å². The number of nitrogens with one attached hydrogen (secondary N) is 1. The molecule has 1 heterocycles. The van der Waals surface area contributed by atoms with Crippen LogP contribution in [0.4, 0.5) is 0 Å². The second-order valence-corrected chi connectivity index (χ2v) is 5.09. The van der Waals surface area contributed by atoms with E-state index in [2.05, 4.69) is 5.32 Å². The van der Waals surface area contributed by atoms with Crippen LogP contribution in [0, 0.1) is 5.92 Å². The average molecular weight is 280 g/mol. The minimum atomic E-state index is -0.878. The third kappa shape index (κ3) is 3.84. The number of amides is 1. The minimum Gasteiger partial charge on any atom is -0.481 e. The summed E-state index contributed by atoms with van der Waals surface area (Å²) in [5, 5.41) is 11.7. The molecule has 0 spiro atoms. The highest BCUT2D eigenvalue weighted by Gasteiger charge is 2.34. The molecule has 6 nitrogen and oxygen atoms in total. The first kappa shape index (κ1) is 14.6. The average Bonchev–Trinajstić information content (AvgIpc) is 3.13. The number of nitrogens with zero attached hydrogens (tertiary/aromatic N) is 1. The minimum absolute atomic E-state index is 0.0187. The fraction of sp³-hybridized carbons (Fsp3) is 0.571. The van der Waals surface area contributed by atoms with Gasteiger partial charge in [-0.25, -0.2) is 0 Å². The van der Waals surface area contributed by atoms with Gasteiger partial charge in [0.25, 0.3) is 5.91 Å². The van der Waals surface area contributed by atoms with E-state index in [9.17, 15) is 9.59 Å². The third-order valence-electron chi connectivity index (χ3n) is 3.50. The molecule has 1 saturated carbocycles. The number of hydrogen-bond donors (Lipinski definition) is 2. The van der Waals surface area contributed by atoms with Gasteiger partial charge in [0.1, 0.15) is 5.69 Å². The Bertz CT molecular complexity index is 479. The van der Waals surface area contributed by atoms with Crippen LogP contribution in [0.25, 0.3) is 0 Å². The Morgan fingerprint density at radius 2 is 2.30 bits per heavy atom. The predicted octanol–water partition coefficient (Wildman–Crippen LogP) is 1.12. The fourth-order valence-corrected chi connectivity index (χ4v) is 2.27. The normalized spacial score (nSPS) is 15.8. The zero-order valence-corrected chi connectivity index (χ0v) is 11.5. The van der Waals surface area contributed by atoms with Gasteiger partial charge >= 0.3 is 5.97 Å². The monoisotopic (exact) mass is 280 g/mol. The number of carbonyl (C=O) groups is 2. The molecule has 1 aromatic heterocycles. The molecule has 1 atom stereocenters. The number of carbonyl (C=O) groups excluding carboxylic acids is 1. The zero-order chi connectivity index (χ0) is 14.5. The first-order chi connectivity index (χ1) is 9.61. The first-order valence-electron chi connectivity index (χ1n) is 6.78. The Hall–Kier alpha value is -1.82. The molecule has 1 fully saturated rings. The topological polar surface area (TPSA) is 80.6 Å². The molecule has 0 aromatic carbocycles. The van der Waals surface area contributed by atoms with Crippen LogP contribution in [0.2, 0.25) is 0 Å². The summed E-state index contributed by atoms with van der Waals surface area (Å²) in [4.78, 5) is 23.1. The summed E-state index contributed by atoms with van der Waals surface area (Å²) in [5.41, 5.74) is 0.540. The number of carboxylic acid groups (broad SMARTS) is 1. The molecule has 1 aliphatic rings. The lowest BCUT2D eigenvalue weighted by Crippen LogP contribution is -2.39. The summed E-state index contributed by atoms with van der Waals surface area (Å²) in [6.45, 7) is 1.12. The van der Waals surface area contributed by atoms with Gasteiger partial charge < -0.3 is 19.7 Å². The SMILES string of the molecule is COCCn1cccc1C(=O)NC(CC(=O)O)C1CC1. The van der Waals surface area contributed by atoms with Gasteiger partial charge in [0.2, 0.25) is 0 Å². The lowest BCUT2D eigenvalue weighted by Gasteiger charge is -2.17. The van der Waals surface area contributed by atoms with E-state index in [1.54, 1.807) is 19.2 Å². The van der Waals surface area contributed by atoms with Gasteiger partial charge in [0.15, 0.2) is 0 Å². The van der Waals surface area contributed by atoms with Crippen LogP contribution >= 0.6 is 0 Å². The third-order valence-corrected chi connectivity index (χ3v) is 3.50. The Morgan fingerprint density at radius 1 is 1.55 bits per heavy atom. The molecule has 110 valence electrons. The molecule has 0 bridgehead atoms. The fourth-order valence-electron chi connectivity index (χ4n) is 2.27. The molecule has 1 unspecified atom stereocenters. The molecule has 0 aliphatic heterocycles. The Balaban J connectivity index is 1.99. The van der Waals surface area contributed by atoms with Crippen molar-refractivity contribution in [1.29, 1.82) is 0 Å². The van der Waals surface area contributed by atoms with Crippen LogP contribution in [-0.2, 0) is 16.1 Å². The van der Waals surface area contributed by atoms with Gasteiger partial charge in [-0.1, -0.05) is 0 Å². The number of hydrogen-bond acceptors (Lipinski definition) is 3. The number of methoxy groups -OCH3 is 1. The van der Waals surface area contributed by atoms with Crippen molar-refractivity contribution in [1.82, 2.24) is 9.88 Å². The van der Waals surface area contributed by atoms with Crippen LogP contribution < -0.4 is 5.32 Å². The highest BCUT2D eigenvalue weighted by molar-refractivity contribution is 5.93. The van der Waals surface area contributed by atoms with Crippen molar-refractivity contribution in [3.63, 3.8) is 0 Å². The number of ether oxygens (including phenoxy) is 1. The van der Waals surface area contributed by atoms with Crippen LogP contribution in [0.15, 0.2) is 18.3 Å². The number of aliphatic carboxylic acids is 1. The molecule has 6 heteroatoms. The van der Waals surface area contributed by atoms with Gasteiger partial charge in [0.05, 0.1) is 13.0 Å². The Morgan fingerprint density at radius 3 is 2.90 bits per heavy atom. The molecular formula is C14H20N2O4. The molecule has 20 heavy (non-hydrogen) atoms. The molecule has 1 amide bonds. The molecule has 1 aliphatic carbocycles. The lowest BCUT2D eigenvalue weighted by molar-refractivity contribution is -0.137. The molecule has 1 aromatic rings. The van der Waals surface area contributed by atoms with E-state index in [0.29, 0.717) is 24.8 Å². The summed E-state index contributed by atoms with van der Waals surface area (Å²) >= 11 is 0. The maximum atomic E-state index is 12.2. The van der Waals surface area contributed by atoms with Gasteiger partial charge in [0, 0.05) is 25.9 Å². The van der Waals surface area contributed by atoms with Crippen molar-refractivity contribution in [2.24, 2.45) is 5.92 Å².